The lowest BCUT2D eigenvalue weighted by Gasteiger charge is -2.29. The number of fused-ring (bicyclic) bond motifs is 1. The lowest BCUT2D eigenvalue weighted by molar-refractivity contribution is 0.0529. The molecular formula is C26H27N5O7S. The summed E-state index contributed by atoms with van der Waals surface area (Å²) in [4.78, 5) is 4.60. The Morgan fingerprint density at radius 3 is 2.54 bits per heavy atom. The summed E-state index contributed by atoms with van der Waals surface area (Å²) in [5.74, 6) is 1.03. The van der Waals surface area contributed by atoms with E-state index in [2.05, 4.69) is 20.3 Å². The van der Waals surface area contributed by atoms with Crippen LogP contribution in [0.3, 0.4) is 0 Å². The predicted molar refractivity (Wildman–Crippen MR) is 144 cm³/mol. The van der Waals surface area contributed by atoms with E-state index in [9.17, 15) is 18.6 Å². The highest BCUT2D eigenvalue weighted by Crippen LogP contribution is 2.40. The molecule has 2 unspecified atom stereocenters. The Morgan fingerprint density at radius 1 is 1.13 bits per heavy atom. The van der Waals surface area contributed by atoms with E-state index in [1.54, 1.807) is 36.4 Å². The molecular weight excluding hydrogens is 526 g/mol. The highest BCUT2D eigenvalue weighted by atomic mass is 32.2. The number of benzene rings is 3. The Bertz CT molecular complexity index is 1500. The molecule has 13 heteroatoms. The molecule has 0 aromatic heterocycles. The summed E-state index contributed by atoms with van der Waals surface area (Å²) in [7, 11) is -1.16. The summed E-state index contributed by atoms with van der Waals surface area (Å²) in [6, 6.07) is 17.7. The second kappa shape index (κ2) is 12.0. The van der Waals surface area contributed by atoms with Gasteiger partial charge in [0.1, 0.15) is 30.5 Å². The van der Waals surface area contributed by atoms with Crippen molar-refractivity contribution in [3.05, 3.63) is 66.2 Å². The van der Waals surface area contributed by atoms with Crippen molar-refractivity contribution in [2.75, 3.05) is 38.1 Å². The summed E-state index contributed by atoms with van der Waals surface area (Å²) < 4.78 is 45.7. The first kappa shape index (κ1) is 27.7. The Kier molecular flexibility index (Phi) is 8.52. The predicted octanol–water partition coefficient (Wildman–Crippen LogP) is 2.18. The quantitative estimate of drug-likeness (QED) is 0.250. The fourth-order valence-electron chi connectivity index (χ4n) is 3.69. The van der Waals surface area contributed by atoms with Gasteiger partial charge in [0.25, 0.3) is 0 Å². The second-order valence-corrected chi connectivity index (χ2v) is 10.0. The number of hydrogen-bond acceptors (Lipinski definition) is 11. The topological polar surface area (TPSA) is 175 Å². The van der Waals surface area contributed by atoms with Crippen LogP contribution in [-0.4, -0.2) is 64.2 Å². The first-order valence-electron chi connectivity index (χ1n) is 11.7. The Hall–Kier alpha value is -4.35. The average molecular weight is 554 g/mol. The number of nitrogens with zero attached hydrogens (tertiary/aromatic N) is 2. The van der Waals surface area contributed by atoms with Crippen molar-refractivity contribution in [1.82, 2.24) is 4.72 Å². The maximum atomic E-state index is 13.3. The molecule has 204 valence electrons. The van der Waals surface area contributed by atoms with Gasteiger partial charge in [0, 0.05) is 12.1 Å². The molecule has 1 heterocycles. The van der Waals surface area contributed by atoms with Gasteiger partial charge < -0.3 is 35.1 Å². The third-order valence-corrected chi connectivity index (χ3v) is 7.10. The van der Waals surface area contributed by atoms with Crippen LogP contribution >= 0.6 is 0 Å². The van der Waals surface area contributed by atoms with E-state index >= 15 is 0 Å². The van der Waals surface area contributed by atoms with Gasteiger partial charge in [-0.15, -0.1) is 0 Å². The lowest BCUT2D eigenvalue weighted by atomic mass is 10.2. The van der Waals surface area contributed by atoms with E-state index in [0.717, 1.165) is 0 Å². The number of hydrogen-bond donors (Lipinski definition) is 5. The number of amidine groups is 1. The number of anilines is 2. The first-order chi connectivity index (χ1) is 18.8. The fraction of sp³-hybridized carbons (Fsp3) is 0.231. The maximum absolute atomic E-state index is 13.3. The van der Waals surface area contributed by atoms with Crippen LogP contribution in [0.5, 0.6) is 17.2 Å². The Balaban J connectivity index is 1.73. The molecule has 3 aromatic rings. The molecule has 0 fully saturated rings. The highest BCUT2D eigenvalue weighted by molar-refractivity contribution is 7.89. The Labute approximate surface area is 225 Å². The number of rotatable bonds is 10. The lowest BCUT2D eigenvalue weighted by Crippen LogP contribution is -2.50. The first-order valence-corrected chi connectivity index (χ1v) is 13.2. The highest BCUT2D eigenvalue weighted by Gasteiger charge is 2.29. The minimum absolute atomic E-state index is 0.0356. The van der Waals surface area contributed by atoms with Crippen molar-refractivity contribution in [3.8, 4) is 23.3 Å². The molecule has 0 bridgehead atoms. The van der Waals surface area contributed by atoms with Gasteiger partial charge in [0.05, 0.1) is 54.4 Å². The summed E-state index contributed by atoms with van der Waals surface area (Å²) in [6.07, 6.45) is -2.19. The number of methoxy groups -OCH3 is 2. The van der Waals surface area contributed by atoms with Crippen LogP contribution in [0.1, 0.15) is 5.56 Å². The molecule has 12 nitrogen and oxygen atoms in total. The minimum Gasteiger partial charge on any atom is -0.497 e. The van der Waals surface area contributed by atoms with Gasteiger partial charge in [0.2, 0.25) is 10.0 Å². The van der Waals surface area contributed by atoms with E-state index in [1.165, 1.54) is 38.5 Å². The van der Waals surface area contributed by atoms with Crippen molar-refractivity contribution < 1.29 is 32.8 Å². The molecule has 3 aromatic carbocycles. The number of sulfonamides is 1. The number of ether oxygens (including phenoxy) is 3. The van der Waals surface area contributed by atoms with Crippen molar-refractivity contribution in [3.63, 3.8) is 0 Å². The zero-order chi connectivity index (χ0) is 28.0. The normalized spacial score (nSPS) is 15.2. The van der Waals surface area contributed by atoms with E-state index in [4.69, 9.17) is 19.5 Å². The molecule has 0 saturated heterocycles. The van der Waals surface area contributed by atoms with Crippen molar-refractivity contribution in [2.45, 2.75) is 17.2 Å². The number of nitrogens with one attached hydrogen (secondary N) is 3. The molecule has 5 N–H and O–H groups in total. The molecule has 1 aliphatic heterocycles. The SMILES string of the molecule is COc1cc(NC2=Nc3ccccc3NC2NS(=O)(=O)c2ccc(C#N)cc2)c(OCC(O)CO)c(OC)c1. The van der Waals surface area contributed by atoms with Gasteiger partial charge in [-0.25, -0.2) is 13.4 Å². The van der Waals surface area contributed by atoms with Crippen molar-refractivity contribution in [1.29, 1.82) is 5.26 Å². The summed E-state index contributed by atoms with van der Waals surface area (Å²) >= 11 is 0. The maximum Gasteiger partial charge on any atom is 0.242 e. The smallest absolute Gasteiger partial charge is 0.242 e. The number of para-hydroxylation sites is 2. The van der Waals surface area contributed by atoms with Gasteiger partial charge in [-0.3, -0.25) is 0 Å². The minimum atomic E-state index is -4.06. The van der Waals surface area contributed by atoms with Crippen LogP contribution in [0, 0.1) is 11.3 Å². The van der Waals surface area contributed by atoms with Gasteiger partial charge >= 0.3 is 0 Å². The fourth-order valence-corrected chi connectivity index (χ4v) is 4.80. The largest absolute Gasteiger partial charge is 0.497 e. The van der Waals surface area contributed by atoms with Crippen molar-refractivity contribution in [2.24, 2.45) is 4.99 Å². The number of aliphatic hydroxyl groups is 2. The number of aliphatic hydroxyl groups excluding tert-OH is 2. The van der Waals surface area contributed by atoms with Crippen LogP contribution in [0.2, 0.25) is 0 Å². The molecule has 0 radical (unpaired) electrons. The standard InChI is InChI=1S/C26H27N5O7S/c1-36-18-11-22(24(23(12-18)37-2)38-15-17(33)14-32)30-25-26(29-21-6-4-3-5-20(21)28-25)31-39(34,35)19-9-7-16(13-27)8-10-19/h3-12,17,26,29,31-33H,14-15H2,1-2H3,(H,28,30). The molecule has 0 aliphatic carbocycles. The zero-order valence-electron chi connectivity index (χ0n) is 21.1. The van der Waals surface area contributed by atoms with Crippen LogP contribution < -0.4 is 29.6 Å². The van der Waals surface area contributed by atoms with Crippen LogP contribution in [-0.2, 0) is 10.0 Å². The monoisotopic (exact) mass is 553 g/mol. The third kappa shape index (κ3) is 6.39. The Morgan fingerprint density at radius 2 is 1.87 bits per heavy atom. The van der Waals surface area contributed by atoms with E-state index in [-0.39, 0.29) is 28.8 Å². The molecule has 0 saturated carbocycles. The third-order valence-electron chi connectivity index (χ3n) is 5.66. The molecule has 0 amide bonds. The summed E-state index contributed by atoms with van der Waals surface area (Å²) in [5, 5.41) is 34.3. The zero-order valence-corrected chi connectivity index (χ0v) is 21.9. The van der Waals surface area contributed by atoms with Gasteiger partial charge in [-0.2, -0.15) is 9.98 Å². The average Bonchev–Trinajstić information content (AvgIpc) is 2.95. The second-order valence-electron chi connectivity index (χ2n) is 8.33. The number of nitriles is 1. The molecule has 0 spiro atoms. The van der Waals surface area contributed by atoms with Crippen LogP contribution in [0.4, 0.5) is 17.1 Å². The van der Waals surface area contributed by atoms with Crippen molar-refractivity contribution >= 4 is 32.9 Å². The van der Waals surface area contributed by atoms with Gasteiger partial charge in [-0.05, 0) is 36.4 Å². The van der Waals surface area contributed by atoms with Gasteiger partial charge in [0.15, 0.2) is 11.5 Å². The number of aliphatic imine (C=N–C) groups is 1. The molecule has 1 aliphatic rings. The van der Waals surface area contributed by atoms with E-state index in [1.807, 2.05) is 6.07 Å². The van der Waals surface area contributed by atoms with Crippen LogP contribution in [0.25, 0.3) is 0 Å². The molecule has 39 heavy (non-hydrogen) atoms. The van der Waals surface area contributed by atoms with Crippen LogP contribution in [0.15, 0.2) is 70.6 Å². The molecule has 4 rings (SSSR count). The van der Waals surface area contributed by atoms with E-state index in [0.29, 0.717) is 28.4 Å². The summed E-state index contributed by atoms with van der Waals surface area (Å²) in [5.41, 5.74) is 1.79. The molecule has 2 atom stereocenters. The summed E-state index contributed by atoms with van der Waals surface area (Å²) in [6.45, 7) is -0.746. The van der Waals surface area contributed by atoms with Gasteiger partial charge in [-0.1, -0.05) is 12.1 Å². The van der Waals surface area contributed by atoms with E-state index < -0.39 is 28.9 Å².